The number of likely N-dealkylation sites (tertiary alicyclic amines) is 1. The normalized spacial score (nSPS) is 23.5. The van der Waals surface area contributed by atoms with Crippen LogP contribution in [0.25, 0.3) is 0 Å². The van der Waals surface area contributed by atoms with Crippen molar-refractivity contribution < 1.29 is 14.4 Å². The molecule has 168 valence electrons. The zero-order chi connectivity index (χ0) is 21.6. The number of aromatic nitrogens is 1. The molecule has 3 amide bonds. The number of carbonyl (C=O) groups is 3. The van der Waals surface area contributed by atoms with Crippen LogP contribution in [0.15, 0.2) is 18.3 Å². The van der Waals surface area contributed by atoms with Crippen LogP contribution in [0, 0.1) is 0 Å². The van der Waals surface area contributed by atoms with Gasteiger partial charge in [-0.05, 0) is 57.3 Å². The number of anilines is 1. The summed E-state index contributed by atoms with van der Waals surface area (Å²) in [4.78, 5) is 42.2. The minimum absolute atomic E-state index is 0.189. The molecular weight excluding hydrogens is 396 g/mol. The largest absolute Gasteiger partial charge is 0.372 e. The highest BCUT2D eigenvalue weighted by atomic mass is 16.2. The number of carbonyl (C=O) groups excluding carboxylic acids is 3. The van der Waals surface area contributed by atoms with E-state index in [4.69, 9.17) is 0 Å². The van der Waals surface area contributed by atoms with Gasteiger partial charge in [0.25, 0.3) is 0 Å². The standard InChI is InChI=1S/C22H32N6O3/c29-20-4-3-19(22(31)27-20)26-17-1-2-18(25-13-17)15-7-11-28(12-8-15)21(30)14-24-16-5-9-23-10-6-16/h1-2,13,15-16,19,23-24,26H,3-12,14H2,(H,27,29,31). The summed E-state index contributed by atoms with van der Waals surface area (Å²) in [5.41, 5.74) is 1.80. The molecule has 1 aromatic heterocycles. The number of piperidine rings is 3. The van der Waals surface area contributed by atoms with Gasteiger partial charge in [0.05, 0.1) is 18.4 Å². The lowest BCUT2D eigenvalue weighted by atomic mass is 9.93. The molecule has 0 saturated carbocycles. The summed E-state index contributed by atoms with van der Waals surface area (Å²) in [6.07, 6.45) is 6.56. The average Bonchev–Trinajstić information content (AvgIpc) is 2.81. The summed E-state index contributed by atoms with van der Waals surface area (Å²) < 4.78 is 0. The van der Waals surface area contributed by atoms with Crippen molar-refractivity contribution in [2.75, 3.05) is 38.0 Å². The smallest absolute Gasteiger partial charge is 0.249 e. The quantitative estimate of drug-likeness (QED) is 0.483. The van der Waals surface area contributed by atoms with Gasteiger partial charge in [-0.25, -0.2) is 0 Å². The molecule has 1 unspecified atom stereocenters. The molecule has 31 heavy (non-hydrogen) atoms. The van der Waals surface area contributed by atoms with Crippen molar-refractivity contribution in [3.05, 3.63) is 24.0 Å². The van der Waals surface area contributed by atoms with Gasteiger partial charge in [0.1, 0.15) is 6.04 Å². The van der Waals surface area contributed by atoms with Crippen LogP contribution in [0.3, 0.4) is 0 Å². The van der Waals surface area contributed by atoms with E-state index in [2.05, 4.69) is 26.3 Å². The Bertz CT molecular complexity index is 785. The van der Waals surface area contributed by atoms with Crippen molar-refractivity contribution in [2.45, 2.75) is 56.5 Å². The molecule has 0 aromatic carbocycles. The third kappa shape index (κ3) is 5.80. The van der Waals surface area contributed by atoms with Gasteiger partial charge in [-0.1, -0.05) is 0 Å². The maximum Gasteiger partial charge on any atom is 0.249 e. The van der Waals surface area contributed by atoms with Crippen LogP contribution in [-0.2, 0) is 14.4 Å². The molecule has 3 aliphatic heterocycles. The van der Waals surface area contributed by atoms with Crippen LogP contribution in [0.4, 0.5) is 5.69 Å². The van der Waals surface area contributed by atoms with Crippen LogP contribution >= 0.6 is 0 Å². The zero-order valence-corrected chi connectivity index (χ0v) is 17.9. The third-order valence-electron chi connectivity index (χ3n) is 6.51. The Morgan fingerprint density at radius 2 is 1.87 bits per heavy atom. The first-order valence-electron chi connectivity index (χ1n) is 11.4. The fourth-order valence-corrected chi connectivity index (χ4v) is 4.56. The van der Waals surface area contributed by atoms with Crippen molar-refractivity contribution in [1.82, 2.24) is 25.8 Å². The first-order valence-corrected chi connectivity index (χ1v) is 11.4. The van der Waals surface area contributed by atoms with Crippen molar-refractivity contribution in [2.24, 2.45) is 0 Å². The molecular formula is C22H32N6O3. The number of amides is 3. The summed E-state index contributed by atoms with van der Waals surface area (Å²) in [6, 6.07) is 3.97. The van der Waals surface area contributed by atoms with E-state index in [1.807, 2.05) is 17.0 Å². The molecule has 4 rings (SSSR count). The van der Waals surface area contributed by atoms with E-state index in [-0.39, 0.29) is 17.7 Å². The van der Waals surface area contributed by atoms with E-state index < -0.39 is 6.04 Å². The van der Waals surface area contributed by atoms with Crippen molar-refractivity contribution in [3.8, 4) is 0 Å². The average molecular weight is 429 g/mol. The Hall–Kier alpha value is -2.52. The highest BCUT2D eigenvalue weighted by molar-refractivity contribution is 6.01. The van der Waals surface area contributed by atoms with Gasteiger partial charge in [-0.15, -0.1) is 0 Å². The highest BCUT2D eigenvalue weighted by Crippen LogP contribution is 2.27. The van der Waals surface area contributed by atoms with Crippen molar-refractivity contribution >= 4 is 23.4 Å². The molecule has 0 radical (unpaired) electrons. The van der Waals surface area contributed by atoms with Crippen LogP contribution in [0.2, 0.25) is 0 Å². The zero-order valence-electron chi connectivity index (χ0n) is 17.9. The van der Waals surface area contributed by atoms with Crippen molar-refractivity contribution in [1.29, 1.82) is 0 Å². The minimum atomic E-state index is -0.405. The first-order chi connectivity index (χ1) is 15.1. The maximum atomic E-state index is 12.5. The van der Waals surface area contributed by atoms with Gasteiger partial charge in [-0.2, -0.15) is 0 Å². The fraction of sp³-hybridized carbons (Fsp3) is 0.636. The predicted octanol–water partition coefficient (Wildman–Crippen LogP) is 0.346. The molecule has 4 N–H and O–H groups in total. The highest BCUT2D eigenvalue weighted by Gasteiger charge is 2.27. The molecule has 9 nitrogen and oxygen atoms in total. The summed E-state index contributed by atoms with van der Waals surface area (Å²) in [7, 11) is 0. The SMILES string of the molecule is O=C1CCC(Nc2ccc(C3CCN(C(=O)CNC4CCNCC4)CC3)nc2)C(=O)N1. The molecule has 1 aromatic rings. The number of pyridine rings is 1. The molecule has 3 saturated heterocycles. The number of hydrogen-bond acceptors (Lipinski definition) is 7. The van der Waals surface area contributed by atoms with E-state index >= 15 is 0 Å². The first kappa shape index (κ1) is 21.7. The van der Waals surface area contributed by atoms with Crippen LogP contribution in [0.1, 0.15) is 50.1 Å². The molecule has 0 spiro atoms. The van der Waals surface area contributed by atoms with E-state index in [0.717, 1.165) is 63.2 Å². The number of hydrogen-bond donors (Lipinski definition) is 4. The molecule has 3 fully saturated rings. The van der Waals surface area contributed by atoms with Gasteiger partial charge in [-0.3, -0.25) is 24.7 Å². The summed E-state index contributed by atoms with van der Waals surface area (Å²) in [5.74, 6) is 0.0234. The molecule has 3 aliphatic rings. The van der Waals surface area contributed by atoms with E-state index in [0.29, 0.717) is 31.3 Å². The van der Waals surface area contributed by atoms with Crippen LogP contribution in [0.5, 0.6) is 0 Å². The van der Waals surface area contributed by atoms with Gasteiger partial charge in [0, 0.05) is 37.2 Å². The second kappa shape index (κ2) is 10.2. The Balaban J connectivity index is 1.22. The lowest BCUT2D eigenvalue weighted by Gasteiger charge is -2.32. The number of nitrogens with zero attached hydrogens (tertiary/aromatic N) is 2. The number of nitrogens with one attached hydrogen (secondary N) is 4. The molecule has 0 aliphatic carbocycles. The van der Waals surface area contributed by atoms with E-state index in [1.54, 1.807) is 6.20 Å². The van der Waals surface area contributed by atoms with Gasteiger partial charge >= 0.3 is 0 Å². The third-order valence-corrected chi connectivity index (χ3v) is 6.51. The Morgan fingerprint density at radius 3 is 2.55 bits per heavy atom. The lowest BCUT2D eigenvalue weighted by Crippen LogP contribution is -2.47. The maximum absolute atomic E-state index is 12.5. The topological polar surface area (TPSA) is 115 Å². The molecule has 1 atom stereocenters. The van der Waals surface area contributed by atoms with E-state index in [9.17, 15) is 14.4 Å². The summed E-state index contributed by atoms with van der Waals surface area (Å²) in [6.45, 7) is 3.98. The molecule has 0 bridgehead atoms. The fourth-order valence-electron chi connectivity index (χ4n) is 4.56. The van der Waals surface area contributed by atoms with Gasteiger partial charge in [0.2, 0.25) is 17.7 Å². The minimum Gasteiger partial charge on any atom is -0.372 e. The lowest BCUT2D eigenvalue weighted by molar-refractivity contribution is -0.134. The Kier molecular flexibility index (Phi) is 7.14. The molecule has 4 heterocycles. The van der Waals surface area contributed by atoms with Crippen LogP contribution < -0.4 is 21.3 Å². The summed E-state index contributed by atoms with van der Waals surface area (Å²) in [5, 5.41) is 12.3. The Labute approximate surface area is 182 Å². The molecule has 9 heteroatoms. The van der Waals surface area contributed by atoms with Crippen molar-refractivity contribution in [3.63, 3.8) is 0 Å². The number of imide groups is 1. The second-order valence-corrected chi connectivity index (χ2v) is 8.68. The predicted molar refractivity (Wildman–Crippen MR) is 116 cm³/mol. The van der Waals surface area contributed by atoms with Crippen LogP contribution in [-0.4, -0.2) is 72.4 Å². The number of rotatable bonds is 6. The monoisotopic (exact) mass is 428 g/mol. The van der Waals surface area contributed by atoms with Gasteiger partial charge in [0.15, 0.2) is 0 Å². The van der Waals surface area contributed by atoms with E-state index in [1.165, 1.54) is 0 Å². The summed E-state index contributed by atoms with van der Waals surface area (Å²) >= 11 is 0. The second-order valence-electron chi connectivity index (χ2n) is 8.68. The van der Waals surface area contributed by atoms with Gasteiger partial charge < -0.3 is 20.9 Å². The Morgan fingerprint density at radius 1 is 1.10 bits per heavy atom.